The van der Waals surface area contributed by atoms with Crippen molar-refractivity contribution in [1.82, 2.24) is 4.90 Å². The molecule has 1 heteroatoms. The molecule has 0 atom stereocenters. The molecule has 0 aromatic rings. The smallest absolute Gasteiger partial charge is 0.0290 e. The third kappa shape index (κ3) is 5.63. The van der Waals surface area contributed by atoms with E-state index in [1.165, 1.54) is 12.8 Å². The van der Waals surface area contributed by atoms with Gasteiger partial charge >= 0.3 is 0 Å². The Morgan fingerprint density at radius 1 is 1.21 bits per heavy atom. The second-order valence-electron chi connectivity index (χ2n) is 3.61. The molecule has 0 amide bonds. The Labute approximate surface area is 88.8 Å². The van der Waals surface area contributed by atoms with Gasteiger partial charge in [0.25, 0.3) is 0 Å². The summed E-state index contributed by atoms with van der Waals surface area (Å²) in [7, 11) is 2.08. The zero-order valence-corrected chi connectivity index (χ0v) is 9.84. The van der Waals surface area contributed by atoms with Gasteiger partial charge in [-0.15, -0.1) is 0 Å². The van der Waals surface area contributed by atoms with E-state index < -0.39 is 0 Å². The first-order valence-electron chi connectivity index (χ1n) is 5.37. The quantitative estimate of drug-likeness (QED) is 0.556. The lowest BCUT2D eigenvalue weighted by Gasteiger charge is -2.18. The van der Waals surface area contributed by atoms with Gasteiger partial charge in [0.2, 0.25) is 0 Å². The minimum Gasteiger partial charge on any atom is -0.375 e. The Hall–Kier alpha value is -0.980. The zero-order valence-electron chi connectivity index (χ0n) is 9.84. The molecule has 1 nitrogen and oxygen atoms in total. The number of likely N-dealkylation sites (N-methyl/N-ethyl adjacent to an activating group) is 1. The number of allylic oxidation sites excluding steroid dienone is 3. The zero-order chi connectivity index (χ0) is 11.0. The van der Waals surface area contributed by atoms with Gasteiger partial charge in [-0.1, -0.05) is 45.1 Å². The molecule has 0 saturated heterocycles. The first-order valence-corrected chi connectivity index (χ1v) is 5.37. The van der Waals surface area contributed by atoms with Crippen molar-refractivity contribution in [1.29, 1.82) is 0 Å². The Morgan fingerprint density at radius 2 is 1.86 bits per heavy atom. The summed E-state index contributed by atoms with van der Waals surface area (Å²) in [5.74, 6) is 0. The summed E-state index contributed by atoms with van der Waals surface area (Å²) in [6.07, 6.45) is 7.54. The van der Waals surface area contributed by atoms with Gasteiger partial charge in [-0.05, 0) is 18.9 Å². The highest BCUT2D eigenvalue weighted by Gasteiger charge is 1.96. The highest BCUT2D eigenvalue weighted by Crippen LogP contribution is 2.06. The second kappa shape index (κ2) is 7.43. The molecular formula is C13H23N. The van der Waals surface area contributed by atoms with Crippen LogP contribution in [0.4, 0.5) is 0 Å². The molecule has 0 aromatic carbocycles. The molecule has 0 aliphatic heterocycles. The van der Waals surface area contributed by atoms with Crippen LogP contribution in [-0.2, 0) is 0 Å². The summed E-state index contributed by atoms with van der Waals surface area (Å²) in [5.41, 5.74) is 2.21. The highest BCUT2D eigenvalue weighted by molar-refractivity contribution is 5.23. The van der Waals surface area contributed by atoms with Crippen LogP contribution in [0.15, 0.2) is 36.6 Å². The molecule has 0 unspecified atom stereocenters. The third-order valence-corrected chi connectivity index (χ3v) is 2.30. The maximum Gasteiger partial charge on any atom is 0.0290 e. The minimum atomic E-state index is 1.00. The highest BCUT2D eigenvalue weighted by atomic mass is 15.1. The van der Waals surface area contributed by atoms with Crippen LogP contribution >= 0.6 is 0 Å². The van der Waals surface area contributed by atoms with E-state index in [9.17, 15) is 0 Å². The molecular weight excluding hydrogens is 170 g/mol. The molecule has 0 N–H and O–H groups in total. The number of nitrogens with zero attached hydrogens (tertiary/aromatic N) is 1. The van der Waals surface area contributed by atoms with Gasteiger partial charge in [-0.25, -0.2) is 0 Å². The van der Waals surface area contributed by atoms with Crippen molar-refractivity contribution in [2.24, 2.45) is 0 Å². The van der Waals surface area contributed by atoms with Crippen molar-refractivity contribution in [3.63, 3.8) is 0 Å². The Balaban J connectivity index is 3.94. The van der Waals surface area contributed by atoms with Crippen LogP contribution in [0, 0.1) is 0 Å². The normalized spacial score (nSPS) is 10.5. The van der Waals surface area contributed by atoms with Crippen molar-refractivity contribution in [2.75, 3.05) is 13.6 Å². The van der Waals surface area contributed by atoms with Crippen LogP contribution in [0.3, 0.4) is 0 Å². The van der Waals surface area contributed by atoms with Gasteiger partial charge in [0.15, 0.2) is 0 Å². The number of hydrogen-bond donors (Lipinski definition) is 0. The van der Waals surface area contributed by atoms with Gasteiger partial charge in [0.05, 0.1) is 0 Å². The summed E-state index contributed by atoms with van der Waals surface area (Å²) in [5, 5.41) is 0. The lowest BCUT2D eigenvalue weighted by molar-refractivity contribution is 0.419. The van der Waals surface area contributed by atoms with Crippen molar-refractivity contribution in [3.05, 3.63) is 36.6 Å². The summed E-state index contributed by atoms with van der Waals surface area (Å²) >= 11 is 0. The topological polar surface area (TPSA) is 3.24 Å². The van der Waals surface area contributed by atoms with E-state index >= 15 is 0 Å². The van der Waals surface area contributed by atoms with Crippen molar-refractivity contribution < 1.29 is 0 Å². The largest absolute Gasteiger partial charge is 0.375 e. The second-order valence-corrected chi connectivity index (χ2v) is 3.61. The molecule has 14 heavy (non-hydrogen) atoms. The van der Waals surface area contributed by atoms with Gasteiger partial charge in [0.1, 0.15) is 0 Å². The van der Waals surface area contributed by atoms with Gasteiger partial charge in [0, 0.05) is 19.3 Å². The van der Waals surface area contributed by atoms with Gasteiger partial charge < -0.3 is 4.90 Å². The maximum absolute atomic E-state index is 4.01. The molecule has 0 aliphatic rings. The fraction of sp³-hybridized carbons (Fsp3) is 0.538. The number of rotatable bonds is 7. The first-order chi connectivity index (χ1) is 6.61. The lowest BCUT2D eigenvalue weighted by atomic mass is 10.2. The average molecular weight is 193 g/mol. The van der Waals surface area contributed by atoms with Crippen LogP contribution in [0.2, 0.25) is 0 Å². The van der Waals surface area contributed by atoms with E-state index in [4.69, 9.17) is 0 Å². The molecule has 0 aromatic heterocycles. The summed E-state index contributed by atoms with van der Waals surface area (Å²) in [6.45, 7) is 13.3. The van der Waals surface area contributed by atoms with E-state index in [1.54, 1.807) is 0 Å². The minimum absolute atomic E-state index is 1.00. The SMILES string of the molecule is C=C(/C=C\C(=C)N(C)CCCC)CC. The molecule has 0 heterocycles. The van der Waals surface area contributed by atoms with E-state index in [0.29, 0.717) is 0 Å². The fourth-order valence-electron chi connectivity index (χ4n) is 0.998. The van der Waals surface area contributed by atoms with Gasteiger partial charge in [-0.3, -0.25) is 0 Å². The summed E-state index contributed by atoms with van der Waals surface area (Å²) in [6, 6.07) is 0. The molecule has 0 radical (unpaired) electrons. The Morgan fingerprint density at radius 3 is 2.36 bits per heavy atom. The van der Waals surface area contributed by atoms with E-state index in [1.807, 2.05) is 12.2 Å². The maximum atomic E-state index is 4.01. The summed E-state index contributed by atoms with van der Waals surface area (Å²) < 4.78 is 0. The first kappa shape index (κ1) is 13.0. The molecule has 0 aliphatic carbocycles. The van der Waals surface area contributed by atoms with Crippen LogP contribution in [0.25, 0.3) is 0 Å². The standard InChI is InChI=1S/C13H23N/c1-6-8-11-14(5)13(4)10-9-12(3)7-2/h9-10H,3-4,6-8,11H2,1-2,5H3/b10-9-. The molecule has 0 spiro atoms. The number of unbranched alkanes of at least 4 members (excludes halogenated alkanes) is 1. The van der Waals surface area contributed by atoms with Crippen molar-refractivity contribution in [3.8, 4) is 0 Å². The Kier molecular flexibility index (Phi) is 6.91. The molecule has 0 bridgehead atoms. The molecule has 0 rings (SSSR count). The molecule has 80 valence electrons. The lowest BCUT2D eigenvalue weighted by Crippen LogP contribution is -2.16. The van der Waals surface area contributed by atoms with Gasteiger partial charge in [-0.2, -0.15) is 0 Å². The fourth-order valence-corrected chi connectivity index (χ4v) is 0.998. The summed E-state index contributed by atoms with van der Waals surface area (Å²) in [4.78, 5) is 2.18. The third-order valence-electron chi connectivity index (χ3n) is 2.30. The van der Waals surface area contributed by atoms with Crippen molar-refractivity contribution >= 4 is 0 Å². The van der Waals surface area contributed by atoms with E-state index in [2.05, 4.69) is 39.0 Å². The molecule has 0 saturated carbocycles. The van der Waals surface area contributed by atoms with E-state index in [0.717, 1.165) is 24.2 Å². The predicted molar refractivity (Wildman–Crippen MR) is 65.2 cm³/mol. The van der Waals surface area contributed by atoms with Crippen LogP contribution in [-0.4, -0.2) is 18.5 Å². The Bertz CT molecular complexity index is 213. The van der Waals surface area contributed by atoms with Crippen LogP contribution < -0.4 is 0 Å². The van der Waals surface area contributed by atoms with E-state index in [-0.39, 0.29) is 0 Å². The van der Waals surface area contributed by atoms with Crippen molar-refractivity contribution in [2.45, 2.75) is 33.1 Å². The monoisotopic (exact) mass is 193 g/mol. The average Bonchev–Trinajstić information content (AvgIpc) is 2.21. The van der Waals surface area contributed by atoms with Crippen LogP contribution in [0.5, 0.6) is 0 Å². The molecule has 0 fully saturated rings. The predicted octanol–water partition coefficient (Wildman–Crippen LogP) is 3.75. The number of hydrogen-bond acceptors (Lipinski definition) is 1. The van der Waals surface area contributed by atoms with Crippen LogP contribution in [0.1, 0.15) is 33.1 Å².